The second kappa shape index (κ2) is 8.16. The van der Waals surface area contributed by atoms with Gasteiger partial charge < -0.3 is 4.57 Å². The third-order valence-corrected chi connectivity index (χ3v) is 7.31. The molecule has 0 N–H and O–H groups in total. The smallest absolute Gasteiger partial charge is 0.0588 e. The van der Waals surface area contributed by atoms with Crippen molar-refractivity contribution >= 4 is 23.3 Å². The quantitative estimate of drug-likeness (QED) is 0.485. The fraction of sp³-hybridized carbons (Fsp3) is 0.462. The van der Waals surface area contributed by atoms with Crippen molar-refractivity contribution in [3.05, 3.63) is 71.4 Å². The first-order valence-electron chi connectivity index (χ1n) is 11.1. The van der Waals surface area contributed by atoms with Gasteiger partial charge in [-0.1, -0.05) is 61.9 Å². The van der Waals surface area contributed by atoms with Crippen LogP contribution in [0.3, 0.4) is 0 Å². The zero-order valence-corrected chi connectivity index (χ0v) is 18.5. The average Bonchev–Trinajstić information content (AvgIpc) is 3.04. The zero-order valence-electron chi connectivity index (χ0n) is 17.7. The molecule has 154 valence electrons. The maximum Gasteiger partial charge on any atom is 0.0588 e. The molecular formula is C26H33ClN2. The van der Waals surface area contributed by atoms with Crippen LogP contribution in [0.25, 0.3) is 10.9 Å². The maximum atomic E-state index is 2.82. The van der Waals surface area contributed by atoms with E-state index in [4.69, 9.17) is 0 Å². The van der Waals surface area contributed by atoms with Crippen molar-refractivity contribution in [1.29, 1.82) is 0 Å². The summed E-state index contributed by atoms with van der Waals surface area (Å²) in [7, 11) is 0. The van der Waals surface area contributed by atoms with Gasteiger partial charge in [-0.15, -0.1) is 12.4 Å². The number of aromatic nitrogens is 1. The molecule has 2 aliphatic heterocycles. The van der Waals surface area contributed by atoms with Gasteiger partial charge in [0.05, 0.1) is 5.54 Å². The molecule has 1 fully saturated rings. The van der Waals surface area contributed by atoms with Crippen LogP contribution in [0.5, 0.6) is 0 Å². The maximum absolute atomic E-state index is 2.82. The van der Waals surface area contributed by atoms with E-state index in [9.17, 15) is 0 Å². The Morgan fingerprint density at radius 3 is 2.59 bits per heavy atom. The summed E-state index contributed by atoms with van der Waals surface area (Å²) >= 11 is 0. The lowest BCUT2D eigenvalue weighted by atomic mass is 9.76. The van der Waals surface area contributed by atoms with Crippen molar-refractivity contribution in [2.24, 2.45) is 5.92 Å². The molecule has 0 spiro atoms. The molecule has 3 aromatic rings. The molecule has 2 atom stereocenters. The number of hydrogen-bond donors (Lipinski definition) is 0. The molecule has 2 aromatic carbocycles. The number of rotatable bonds is 4. The highest BCUT2D eigenvalue weighted by molar-refractivity contribution is 5.86. The number of nitrogens with zero attached hydrogens (tertiary/aromatic N) is 2. The summed E-state index contributed by atoms with van der Waals surface area (Å²) in [4.78, 5) is 2.82. The van der Waals surface area contributed by atoms with Crippen LogP contribution < -0.4 is 0 Å². The van der Waals surface area contributed by atoms with E-state index in [1.54, 1.807) is 11.3 Å². The monoisotopic (exact) mass is 408 g/mol. The molecule has 0 amide bonds. The van der Waals surface area contributed by atoms with Crippen LogP contribution >= 0.6 is 12.4 Å². The summed E-state index contributed by atoms with van der Waals surface area (Å²) in [6, 6.07) is 20.1. The van der Waals surface area contributed by atoms with E-state index < -0.39 is 0 Å². The van der Waals surface area contributed by atoms with Crippen LogP contribution in [0.4, 0.5) is 0 Å². The van der Waals surface area contributed by atoms with E-state index in [1.807, 2.05) is 0 Å². The number of fused-ring (bicyclic) bond motifs is 5. The van der Waals surface area contributed by atoms with E-state index in [2.05, 4.69) is 77.9 Å². The highest BCUT2D eigenvalue weighted by atomic mass is 35.5. The first-order chi connectivity index (χ1) is 13.7. The van der Waals surface area contributed by atoms with Gasteiger partial charge in [0.2, 0.25) is 0 Å². The number of halogens is 1. The molecule has 2 unspecified atom stereocenters. The summed E-state index contributed by atoms with van der Waals surface area (Å²) in [5.74, 6) is 0.881. The minimum atomic E-state index is 0. The van der Waals surface area contributed by atoms with Crippen LogP contribution in [0, 0.1) is 5.92 Å². The van der Waals surface area contributed by atoms with Crippen molar-refractivity contribution in [2.45, 2.75) is 58.0 Å². The molecule has 0 radical (unpaired) electrons. The SMILES string of the molecule is CCCC1CCC2(C)c3c(c4ccccc4n3Cc3ccccc3)CCN2C1.Cl. The number of benzene rings is 2. The lowest BCUT2D eigenvalue weighted by molar-refractivity contribution is 0.0129. The molecule has 1 aromatic heterocycles. The molecule has 3 heteroatoms. The Labute approximate surface area is 181 Å². The predicted octanol–water partition coefficient (Wildman–Crippen LogP) is 6.39. The number of piperidine rings is 1. The van der Waals surface area contributed by atoms with E-state index in [0.717, 1.165) is 12.5 Å². The molecule has 0 saturated carbocycles. The Kier molecular flexibility index (Phi) is 5.77. The molecule has 3 heterocycles. The van der Waals surface area contributed by atoms with Gasteiger partial charge >= 0.3 is 0 Å². The van der Waals surface area contributed by atoms with E-state index in [1.165, 1.54) is 61.7 Å². The summed E-state index contributed by atoms with van der Waals surface area (Å²) < 4.78 is 2.65. The highest BCUT2D eigenvalue weighted by Crippen LogP contribution is 2.47. The van der Waals surface area contributed by atoms with E-state index in [0.29, 0.717) is 0 Å². The number of hydrogen-bond acceptors (Lipinski definition) is 1. The molecule has 5 rings (SSSR count). The third-order valence-electron chi connectivity index (χ3n) is 7.31. The van der Waals surface area contributed by atoms with E-state index in [-0.39, 0.29) is 17.9 Å². The fourth-order valence-electron chi connectivity index (χ4n) is 5.92. The summed E-state index contributed by atoms with van der Waals surface area (Å²) in [6.45, 7) is 8.31. The molecule has 2 nitrogen and oxygen atoms in total. The topological polar surface area (TPSA) is 8.17 Å². The molecule has 1 saturated heterocycles. The molecule has 0 bridgehead atoms. The zero-order chi connectivity index (χ0) is 19.1. The van der Waals surface area contributed by atoms with Crippen molar-refractivity contribution in [1.82, 2.24) is 9.47 Å². The van der Waals surface area contributed by atoms with Gasteiger partial charge in [0.15, 0.2) is 0 Å². The molecule has 0 aliphatic carbocycles. The molecule has 2 aliphatic rings. The van der Waals surface area contributed by atoms with Crippen LogP contribution in [-0.2, 0) is 18.5 Å². The Balaban J connectivity index is 0.00000205. The van der Waals surface area contributed by atoms with Gasteiger partial charge in [-0.05, 0) is 55.7 Å². The van der Waals surface area contributed by atoms with Crippen molar-refractivity contribution in [3.63, 3.8) is 0 Å². The number of para-hydroxylation sites is 1. The van der Waals surface area contributed by atoms with Crippen LogP contribution in [0.1, 0.15) is 56.4 Å². The average molecular weight is 409 g/mol. The minimum absolute atomic E-state index is 0. The normalized spacial score (nSPS) is 24.0. The first-order valence-corrected chi connectivity index (χ1v) is 11.1. The second-order valence-electron chi connectivity index (χ2n) is 9.08. The third kappa shape index (κ3) is 3.41. The largest absolute Gasteiger partial charge is 0.338 e. The van der Waals surface area contributed by atoms with Crippen LogP contribution in [0.15, 0.2) is 54.6 Å². The molecule has 29 heavy (non-hydrogen) atoms. The second-order valence-corrected chi connectivity index (χ2v) is 9.08. The van der Waals surface area contributed by atoms with Crippen molar-refractivity contribution in [2.75, 3.05) is 13.1 Å². The Hall–Kier alpha value is -1.77. The van der Waals surface area contributed by atoms with Gasteiger partial charge in [0.25, 0.3) is 0 Å². The first kappa shape index (κ1) is 20.5. The fourth-order valence-corrected chi connectivity index (χ4v) is 5.92. The summed E-state index contributed by atoms with van der Waals surface area (Å²) in [5.41, 5.74) is 6.19. The van der Waals surface area contributed by atoms with Crippen LogP contribution in [0.2, 0.25) is 0 Å². The predicted molar refractivity (Wildman–Crippen MR) is 125 cm³/mol. The van der Waals surface area contributed by atoms with Gasteiger partial charge in [0.1, 0.15) is 0 Å². The Bertz CT molecular complexity index is 977. The minimum Gasteiger partial charge on any atom is -0.338 e. The van der Waals surface area contributed by atoms with Gasteiger partial charge in [-0.3, -0.25) is 4.90 Å². The standard InChI is InChI=1S/C26H32N2.ClH/c1-3-9-20-14-16-26(2)25-23(15-17-27(26)18-20)22-12-7-8-13-24(22)28(25)19-21-10-5-4-6-11-21;/h4-8,10-13,20H,3,9,14-19H2,1-2H3;1H. The van der Waals surface area contributed by atoms with Gasteiger partial charge in [-0.2, -0.15) is 0 Å². The highest BCUT2D eigenvalue weighted by Gasteiger charge is 2.45. The van der Waals surface area contributed by atoms with Crippen LogP contribution in [-0.4, -0.2) is 22.6 Å². The Morgan fingerprint density at radius 2 is 1.79 bits per heavy atom. The van der Waals surface area contributed by atoms with Crippen molar-refractivity contribution < 1.29 is 0 Å². The summed E-state index contributed by atoms with van der Waals surface area (Å²) in [6.07, 6.45) is 6.54. The van der Waals surface area contributed by atoms with Crippen molar-refractivity contribution in [3.8, 4) is 0 Å². The molecular weight excluding hydrogens is 376 g/mol. The van der Waals surface area contributed by atoms with Gasteiger partial charge in [0, 0.05) is 36.2 Å². The van der Waals surface area contributed by atoms with Gasteiger partial charge in [-0.25, -0.2) is 0 Å². The lowest BCUT2D eigenvalue weighted by Crippen LogP contribution is -2.54. The Morgan fingerprint density at radius 1 is 1.03 bits per heavy atom. The lowest BCUT2D eigenvalue weighted by Gasteiger charge is -2.51. The summed E-state index contributed by atoms with van der Waals surface area (Å²) in [5, 5.41) is 1.48. The van der Waals surface area contributed by atoms with E-state index >= 15 is 0 Å².